The first-order valence-corrected chi connectivity index (χ1v) is 6.17. The molecule has 0 fully saturated rings. The Morgan fingerprint density at radius 3 is 2.76 bits per heavy atom. The van der Waals surface area contributed by atoms with E-state index in [0.717, 1.165) is 0 Å². The van der Waals surface area contributed by atoms with Gasteiger partial charge < -0.3 is 15.2 Å². The first-order chi connectivity index (χ1) is 10.2. The topological polar surface area (TPSA) is 98.2 Å². The third kappa shape index (κ3) is 4.21. The number of nitrogen functional groups attached to an aromatic ring is 1. The number of pyridine rings is 1. The number of esters is 1. The summed E-state index contributed by atoms with van der Waals surface area (Å²) >= 11 is 0. The predicted molar refractivity (Wildman–Crippen MR) is 75.1 cm³/mol. The van der Waals surface area contributed by atoms with E-state index in [0.29, 0.717) is 17.0 Å². The van der Waals surface area contributed by atoms with Crippen molar-refractivity contribution >= 4 is 11.7 Å². The highest BCUT2D eigenvalue weighted by atomic mass is 16.6. The van der Waals surface area contributed by atoms with Gasteiger partial charge in [-0.15, -0.1) is 0 Å². The molecule has 0 radical (unpaired) electrons. The maximum atomic E-state index is 11.6. The molecule has 6 nitrogen and oxygen atoms in total. The summed E-state index contributed by atoms with van der Waals surface area (Å²) in [5.41, 5.74) is 6.96. The number of rotatable bonds is 5. The average molecular weight is 283 g/mol. The second kappa shape index (κ2) is 6.91. The van der Waals surface area contributed by atoms with Crippen molar-refractivity contribution in [3.63, 3.8) is 0 Å². The van der Waals surface area contributed by atoms with Crippen molar-refractivity contribution in [2.24, 2.45) is 0 Å². The Labute approximate surface area is 121 Å². The molecule has 0 saturated heterocycles. The van der Waals surface area contributed by atoms with Gasteiger partial charge in [0.15, 0.2) is 6.61 Å². The van der Waals surface area contributed by atoms with Crippen molar-refractivity contribution in [1.82, 2.24) is 4.98 Å². The number of benzene rings is 1. The molecule has 0 atom stereocenters. The van der Waals surface area contributed by atoms with E-state index in [1.54, 1.807) is 36.4 Å². The molecule has 1 heterocycles. The summed E-state index contributed by atoms with van der Waals surface area (Å²) in [4.78, 5) is 15.5. The molecule has 0 amide bonds. The van der Waals surface area contributed by atoms with E-state index in [2.05, 4.69) is 4.98 Å². The van der Waals surface area contributed by atoms with Crippen LogP contribution < -0.4 is 10.5 Å². The van der Waals surface area contributed by atoms with E-state index in [1.165, 1.54) is 6.20 Å². The lowest BCUT2D eigenvalue weighted by Gasteiger charge is -2.07. The number of carbonyl (C=O) groups excluding carboxylic acids is 1. The fourth-order valence-electron chi connectivity index (χ4n) is 1.56. The predicted octanol–water partition coefficient (Wildman–Crippen LogP) is 1.66. The zero-order valence-corrected chi connectivity index (χ0v) is 11.2. The van der Waals surface area contributed by atoms with Crippen LogP contribution >= 0.6 is 0 Å². The van der Waals surface area contributed by atoms with Crippen LogP contribution in [-0.2, 0) is 16.1 Å². The van der Waals surface area contributed by atoms with Crippen LogP contribution in [0, 0.1) is 11.3 Å². The van der Waals surface area contributed by atoms with Crippen molar-refractivity contribution < 1.29 is 14.3 Å². The number of nitrogens with two attached hydrogens (primary N) is 1. The van der Waals surface area contributed by atoms with Crippen molar-refractivity contribution in [2.45, 2.75) is 6.61 Å². The maximum Gasteiger partial charge on any atom is 0.344 e. The minimum absolute atomic E-state index is 0.0132. The molecule has 0 aliphatic rings. The van der Waals surface area contributed by atoms with Crippen molar-refractivity contribution in [3.05, 3.63) is 53.9 Å². The van der Waals surface area contributed by atoms with Gasteiger partial charge in [0.2, 0.25) is 0 Å². The fourth-order valence-corrected chi connectivity index (χ4v) is 1.56. The van der Waals surface area contributed by atoms with Gasteiger partial charge in [0.05, 0.1) is 0 Å². The van der Waals surface area contributed by atoms with Gasteiger partial charge >= 0.3 is 5.97 Å². The lowest BCUT2D eigenvalue weighted by Crippen LogP contribution is -2.15. The van der Waals surface area contributed by atoms with Gasteiger partial charge in [-0.1, -0.05) is 6.07 Å². The Morgan fingerprint density at radius 1 is 1.29 bits per heavy atom. The number of nitrogens with zero attached hydrogens (tertiary/aromatic N) is 2. The summed E-state index contributed by atoms with van der Waals surface area (Å²) in [6.07, 6.45) is 1.51. The molecule has 0 unspecified atom stereocenters. The van der Waals surface area contributed by atoms with E-state index in [4.69, 9.17) is 20.5 Å². The summed E-state index contributed by atoms with van der Waals surface area (Å²) in [7, 11) is 0. The van der Waals surface area contributed by atoms with E-state index >= 15 is 0 Å². The van der Waals surface area contributed by atoms with Gasteiger partial charge in [-0.25, -0.2) is 9.78 Å². The first-order valence-electron chi connectivity index (χ1n) is 6.17. The van der Waals surface area contributed by atoms with Crippen LogP contribution in [0.2, 0.25) is 0 Å². The molecule has 21 heavy (non-hydrogen) atoms. The summed E-state index contributed by atoms with van der Waals surface area (Å²) in [6.45, 7) is -0.229. The number of hydrogen-bond donors (Lipinski definition) is 1. The molecule has 2 N–H and O–H groups in total. The van der Waals surface area contributed by atoms with Crippen LogP contribution in [0.1, 0.15) is 11.3 Å². The Kier molecular flexibility index (Phi) is 4.72. The molecular formula is C15H13N3O3. The standard InChI is InChI=1S/C15H13N3O3/c16-8-14-11(2-1-7-18-14)9-21-15(19)10-20-13-5-3-12(17)4-6-13/h1-7H,9-10,17H2. The van der Waals surface area contributed by atoms with Crippen LogP contribution in [0.25, 0.3) is 0 Å². The Bertz CT molecular complexity index is 663. The van der Waals surface area contributed by atoms with Crippen molar-refractivity contribution in [1.29, 1.82) is 5.26 Å². The van der Waals surface area contributed by atoms with E-state index < -0.39 is 5.97 Å². The van der Waals surface area contributed by atoms with Crippen LogP contribution in [-0.4, -0.2) is 17.6 Å². The largest absolute Gasteiger partial charge is 0.482 e. The highest BCUT2D eigenvalue weighted by molar-refractivity contribution is 5.71. The zero-order chi connectivity index (χ0) is 15.1. The second-order valence-electron chi connectivity index (χ2n) is 4.14. The SMILES string of the molecule is N#Cc1ncccc1COC(=O)COc1ccc(N)cc1. The number of carbonyl (C=O) groups is 1. The highest BCUT2D eigenvalue weighted by Crippen LogP contribution is 2.13. The first kappa shape index (κ1) is 14.3. The second-order valence-corrected chi connectivity index (χ2v) is 4.14. The zero-order valence-electron chi connectivity index (χ0n) is 11.2. The Hall–Kier alpha value is -3.07. The summed E-state index contributed by atoms with van der Waals surface area (Å²) in [5, 5.41) is 8.87. The van der Waals surface area contributed by atoms with Gasteiger partial charge in [-0.05, 0) is 30.3 Å². The van der Waals surface area contributed by atoms with Crippen LogP contribution in [0.4, 0.5) is 5.69 Å². The molecule has 6 heteroatoms. The number of hydrogen-bond acceptors (Lipinski definition) is 6. The maximum absolute atomic E-state index is 11.6. The molecule has 1 aromatic carbocycles. The molecule has 0 aliphatic carbocycles. The summed E-state index contributed by atoms with van der Waals surface area (Å²) in [6, 6.07) is 12.0. The molecule has 0 bridgehead atoms. The van der Waals surface area contributed by atoms with Gasteiger partial charge in [0, 0.05) is 17.4 Å². The lowest BCUT2D eigenvalue weighted by molar-refractivity contribution is -0.147. The molecule has 1 aromatic heterocycles. The van der Waals surface area contributed by atoms with E-state index in [9.17, 15) is 4.79 Å². The van der Waals surface area contributed by atoms with Crippen LogP contribution in [0.5, 0.6) is 5.75 Å². The lowest BCUT2D eigenvalue weighted by atomic mass is 10.2. The molecule has 2 aromatic rings. The minimum atomic E-state index is -0.528. The minimum Gasteiger partial charge on any atom is -0.482 e. The number of nitriles is 1. The summed E-state index contributed by atoms with van der Waals surface area (Å²) in [5.74, 6) is -0.000176. The van der Waals surface area contributed by atoms with Crippen molar-refractivity contribution in [3.8, 4) is 11.8 Å². The van der Waals surface area contributed by atoms with Crippen molar-refractivity contribution in [2.75, 3.05) is 12.3 Å². The molecule has 2 rings (SSSR count). The molecule has 106 valence electrons. The smallest absolute Gasteiger partial charge is 0.344 e. The van der Waals surface area contributed by atoms with Gasteiger partial charge in [-0.3, -0.25) is 0 Å². The van der Waals surface area contributed by atoms with Gasteiger partial charge in [0.25, 0.3) is 0 Å². The molecule has 0 spiro atoms. The number of ether oxygens (including phenoxy) is 2. The van der Waals surface area contributed by atoms with Crippen LogP contribution in [0.15, 0.2) is 42.6 Å². The third-order valence-corrected chi connectivity index (χ3v) is 2.62. The van der Waals surface area contributed by atoms with Gasteiger partial charge in [-0.2, -0.15) is 5.26 Å². The van der Waals surface area contributed by atoms with E-state index in [-0.39, 0.29) is 18.9 Å². The van der Waals surface area contributed by atoms with Crippen LogP contribution in [0.3, 0.4) is 0 Å². The number of aromatic nitrogens is 1. The van der Waals surface area contributed by atoms with E-state index in [1.807, 2.05) is 6.07 Å². The average Bonchev–Trinajstić information content (AvgIpc) is 2.52. The normalized spacial score (nSPS) is 9.67. The third-order valence-electron chi connectivity index (χ3n) is 2.62. The molecule has 0 saturated carbocycles. The summed E-state index contributed by atoms with van der Waals surface area (Å²) < 4.78 is 10.3. The Morgan fingerprint density at radius 2 is 2.05 bits per heavy atom. The molecular weight excluding hydrogens is 270 g/mol. The quantitative estimate of drug-likeness (QED) is 0.662. The van der Waals surface area contributed by atoms with Gasteiger partial charge in [0.1, 0.15) is 24.1 Å². The monoisotopic (exact) mass is 283 g/mol. The Balaban J connectivity index is 1.82. The number of anilines is 1. The highest BCUT2D eigenvalue weighted by Gasteiger charge is 2.08. The molecule has 0 aliphatic heterocycles. The fraction of sp³-hybridized carbons (Fsp3) is 0.133.